The van der Waals surface area contributed by atoms with Gasteiger partial charge in [0, 0.05) is 37.2 Å². The first-order chi connectivity index (χ1) is 10.8. The molecule has 0 bridgehead atoms. The van der Waals surface area contributed by atoms with E-state index in [9.17, 15) is 19.5 Å². The zero-order valence-corrected chi connectivity index (χ0v) is 15.7. The number of allylic oxidation sites excluding steroid dienone is 2. The molecule has 0 spiro atoms. The van der Waals surface area contributed by atoms with Gasteiger partial charge < -0.3 is 5.11 Å². The fourth-order valence-electron chi connectivity index (χ4n) is 4.37. The highest BCUT2D eigenvalue weighted by atomic mass is 16.3. The fraction of sp³-hybridized carbons (Fsp3) is 0.750. The number of aliphatic hydroxyl groups excluding tert-OH is 1. The molecule has 0 heterocycles. The number of ketones is 3. The number of carbonyl (C=O) groups excluding carboxylic acids is 3. The second-order valence-corrected chi connectivity index (χ2v) is 9.50. The van der Waals surface area contributed by atoms with Gasteiger partial charge in [-0.1, -0.05) is 41.5 Å². The zero-order chi connectivity index (χ0) is 18.4. The Hall–Kier alpha value is -1.45. The smallest absolute Gasteiger partial charge is 0.163 e. The summed E-state index contributed by atoms with van der Waals surface area (Å²) in [5, 5.41) is 10.5. The van der Waals surface area contributed by atoms with Crippen LogP contribution in [0.25, 0.3) is 0 Å². The van der Waals surface area contributed by atoms with Crippen LogP contribution in [0.5, 0.6) is 0 Å². The standard InChI is InChI=1S/C20H30O4/c1-11(2)16(17-12(21)7-19(3,4)8-13(17)22)18-14(23)9-20(5,6)10-15(18)24/h11,16-17,23H,7-10H2,1-6H3. The molecule has 4 nitrogen and oxygen atoms in total. The molecule has 0 saturated heterocycles. The topological polar surface area (TPSA) is 71.4 Å². The van der Waals surface area contributed by atoms with Crippen LogP contribution in [0.2, 0.25) is 0 Å². The molecule has 2 rings (SSSR count). The molecule has 1 atom stereocenters. The number of rotatable bonds is 3. The minimum atomic E-state index is -0.791. The van der Waals surface area contributed by atoms with Gasteiger partial charge in [-0.2, -0.15) is 0 Å². The predicted octanol–water partition coefficient (Wildman–Crippen LogP) is 4.03. The second-order valence-electron chi connectivity index (χ2n) is 9.50. The third-order valence-electron chi connectivity index (χ3n) is 5.31. The molecule has 4 heteroatoms. The zero-order valence-electron chi connectivity index (χ0n) is 15.7. The van der Waals surface area contributed by atoms with Crippen LogP contribution in [0.1, 0.15) is 67.2 Å². The summed E-state index contributed by atoms with van der Waals surface area (Å²) >= 11 is 0. The van der Waals surface area contributed by atoms with E-state index in [1.807, 2.05) is 41.5 Å². The van der Waals surface area contributed by atoms with Crippen LogP contribution in [0.3, 0.4) is 0 Å². The van der Waals surface area contributed by atoms with Gasteiger partial charge in [0.2, 0.25) is 0 Å². The number of carbonyl (C=O) groups is 3. The Labute approximate surface area is 144 Å². The van der Waals surface area contributed by atoms with Gasteiger partial charge in [-0.25, -0.2) is 0 Å². The van der Waals surface area contributed by atoms with Crippen molar-refractivity contribution in [2.24, 2.45) is 28.6 Å². The lowest BCUT2D eigenvalue weighted by Crippen LogP contribution is -2.45. The van der Waals surface area contributed by atoms with E-state index < -0.39 is 11.8 Å². The summed E-state index contributed by atoms with van der Waals surface area (Å²) in [7, 11) is 0. The van der Waals surface area contributed by atoms with Crippen molar-refractivity contribution in [2.45, 2.75) is 67.2 Å². The second kappa shape index (κ2) is 6.12. The summed E-state index contributed by atoms with van der Waals surface area (Å²) in [5.41, 5.74) is -0.272. The fourth-order valence-corrected chi connectivity index (χ4v) is 4.37. The van der Waals surface area contributed by atoms with Gasteiger partial charge in [0.05, 0.1) is 11.7 Å². The Morgan fingerprint density at radius 1 is 0.875 bits per heavy atom. The summed E-state index contributed by atoms with van der Waals surface area (Å²) in [6, 6.07) is 0. The maximum atomic E-state index is 12.7. The minimum absolute atomic E-state index is 0.0635. The first-order valence-corrected chi connectivity index (χ1v) is 8.85. The molecule has 1 saturated carbocycles. The van der Waals surface area contributed by atoms with Crippen molar-refractivity contribution in [2.75, 3.05) is 0 Å². The molecule has 0 aliphatic heterocycles. The summed E-state index contributed by atoms with van der Waals surface area (Å²) in [5.74, 6) is -1.59. The van der Waals surface area contributed by atoms with Crippen molar-refractivity contribution in [3.8, 4) is 0 Å². The highest BCUT2D eigenvalue weighted by Gasteiger charge is 2.48. The maximum absolute atomic E-state index is 12.7. The van der Waals surface area contributed by atoms with Crippen LogP contribution >= 0.6 is 0 Å². The van der Waals surface area contributed by atoms with E-state index in [2.05, 4.69) is 0 Å². The van der Waals surface area contributed by atoms with Gasteiger partial charge in [-0.05, 0) is 16.7 Å². The predicted molar refractivity (Wildman–Crippen MR) is 92.5 cm³/mol. The molecule has 0 aromatic carbocycles. The lowest BCUT2D eigenvalue weighted by Gasteiger charge is -2.40. The van der Waals surface area contributed by atoms with Crippen LogP contribution in [0.15, 0.2) is 11.3 Å². The summed E-state index contributed by atoms with van der Waals surface area (Å²) in [6.45, 7) is 11.6. The molecular weight excluding hydrogens is 304 g/mol. The Kier molecular flexibility index (Phi) is 4.82. The number of aliphatic hydroxyl groups is 1. The average molecular weight is 334 g/mol. The Balaban J connectivity index is 2.46. The minimum Gasteiger partial charge on any atom is -0.512 e. The van der Waals surface area contributed by atoms with E-state index in [4.69, 9.17) is 0 Å². The van der Waals surface area contributed by atoms with Crippen LogP contribution < -0.4 is 0 Å². The summed E-state index contributed by atoms with van der Waals surface area (Å²) in [6.07, 6.45) is 1.45. The Morgan fingerprint density at radius 3 is 1.75 bits per heavy atom. The molecule has 1 unspecified atom stereocenters. The van der Waals surface area contributed by atoms with Crippen molar-refractivity contribution in [1.82, 2.24) is 0 Å². The molecule has 0 radical (unpaired) electrons. The third-order valence-corrected chi connectivity index (χ3v) is 5.31. The molecule has 1 fully saturated rings. The van der Waals surface area contributed by atoms with E-state index >= 15 is 0 Å². The Bertz CT molecular complexity index is 587. The van der Waals surface area contributed by atoms with E-state index in [0.717, 1.165) is 0 Å². The van der Waals surface area contributed by atoms with Gasteiger partial charge in [-0.3, -0.25) is 14.4 Å². The maximum Gasteiger partial charge on any atom is 0.163 e. The van der Waals surface area contributed by atoms with Gasteiger partial charge in [0.1, 0.15) is 11.6 Å². The average Bonchev–Trinajstić information content (AvgIpc) is 2.31. The number of Topliss-reactive ketones (excluding diaryl/α,β-unsaturated/α-hetero) is 3. The monoisotopic (exact) mass is 334 g/mol. The van der Waals surface area contributed by atoms with Gasteiger partial charge in [0.15, 0.2) is 5.78 Å². The number of hydrogen-bond donors (Lipinski definition) is 1. The lowest BCUT2D eigenvalue weighted by molar-refractivity contribution is -0.142. The van der Waals surface area contributed by atoms with Crippen molar-refractivity contribution < 1.29 is 19.5 Å². The molecular formula is C20H30O4. The highest BCUT2D eigenvalue weighted by molar-refractivity contribution is 6.08. The van der Waals surface area contributed by atoms with Crippen LogP contribution in [-0.4, -0.2) is 22.5 Å². The van der Waals surface area contributed by atoms with Crippen LogP contribution in [0.4, 0.5) is 0 Å². The number of hydrogen-bond acceptors (Lipinski definition) is 4. The SMILES string of the molecule is CC(C)C(C1=C(O)CC(C)(C)CC1=O)C1C(=O)CC(C)(C)CC1=O. The van der Waals surface area contributed by atoms with Crippen molar-refractivity contribution >= 4 is 17.3 Å². The third kappa shape index (κ3) is 3.62. The van der Waals surface area contributed by atoms with Crippen molar-refractivity contribution in [3.05, 3.63) is 11.3 Å². The highest BCUT2D eigenvalue weighted by Crippen LogP contribution is 2.45. The van der Waals surface area contributed by atoms with Crippen molar-refractivity contribution in [3.63, 3.8) is 0 Å². The molecule has 0 amide bonds. The lowest BCUT2D eigenvalue weighted by atomic mass is 9.61. The first-order valence-electron chi connectivity index (χ1n) is 8.85. The molecule has 2 aliphatic rings. The van der Waals surface area contributed by atoms with Crippen LogP contribution in [0, 0.1) is 28.6 Å². The summed E-state index contributed by atoms with van der Waals surface area (Å²) < 4.78 is 0. The first kappa shape index (κ1) is 18.9. The quantitative estimate of drug-likeness (QED) is 0.791. The largest absolute Gasteiger partial charge is 0.512 e. The molecule has 134 valence electrons. The van der Waals surface area contributed by atoms with E-state index in [1.165, 1.54) is 0 Å². The van der Waals surface area contributed by atoms with E-state index in [1.54, 1.807) is 0 Å². The van der Waals surface area contributed by atoms with Crippen LogP contribution in [-0.2, 0) is 14.4 Å². The molecule has 2 aliphatic carbocycles. The Morgan fingerprint density at radius 2 is 1.33 bits per heavy atom. The molecule has 1 N–H and O–H groups in total. The molecule has 0 aromatic rings. The summed E-state index contributed by atoms with van der Waals surface area (Å²) in [4.78, 5) is 38.1. The van der Waals surface area contributed by atoms with Gasteiger partial charge in [0.25, 0.3) is 0 Å². The van der Waals surface area contributed by atoms with Gasteiger partial charge >= 0.3 is 0 Å². The molecule has 24 heavy (non-hydrogen) atoms. The van der Waals surface area contributed by atoms with E-state index in [0.29, 0.717) is 31.3 Å². The van der Waals surface area contributed by atoms with Gasteiger partial charge in [-0.15, -0.1) is 0 Å². The molecule has 0 aromatic heterocycles. The van der Waals surface area contributed by atoms with E-state index in [-0.39, 0.29) is 39.9 Å². The normalized spacial score (nSPS) is 26.2. The van der Waals surface area contributed by atoms with Crippen molar-refractivity contribution in [1.29, 1.82) is 0 Å².